The van der Waals surface area contributed by atoms with Crippen LogP contribution in [0, 0.1) is 5.92 Å². The van der Waals surface area contributed by atoms with Gasteiger partial charge in [-0.3, -0.25) is 4.90 Å². The Morgan fingerprint density at radius 1 is 1.23 bits per heavy atom. The molecule has 3 nitrogen and oxygen atoms in total. The Bertz CT molecular complexity index is 632. The maximum atomic E-state index is 6.13. The minimum atomic E-state index is 0. The predicted molar refractivity (Wildman–Crippen MR) is 94.8 cm³/mol. The highest BCUT2D eigenvalue weighted by Crippen LogP contribution is 2.30. The highest BCUT2D eigenvalue weighted by Gasteiger charge is 2.24. The van der Waals surface area contributed by atoms with E-state index in [1.54, 1.807) is 7.11 Å². The van der Waals surface area contributed by atoms with E-state index in [1.807, 2.05) is 0 Å². The highest BCUT2D eigenvalue weighted by atomic mass is 35.5. The summed E-state index contributed by atoms with van der Waals surface area (Å²) in [5.74, 6) is 1.54. The molecule has 120 valence electrons. The Hall–Kier alpha value is -1.29. The molecule has 0 amide bonds. The Balaban J connectivity index is 0.00000176. The first-order valence-electron chi connectivity index (χ1n) is 7.71. The molecule has 0 radical (unpaired) electrons. The second-order valence-electron chi connectivity index (χ2n) is 6.13. The van der Waals surface area contributed by atoms with Crippen LogP contribution in [0.15, 0.2) is 36.4 Å². The number of nitrogens with zero attached hydrogens (tertiary/aromatic N) is 1. The number of rotatable bonds is 3. The fraction of sp³-hybridized carbons (Fsp3) is 0.444. The van der Waals surface area contributed by atoms with Crippen LogP contribution in [0.3, 0.4) is 0 Å². The lowest BCUT2D eigenvalue weighted by Crippen LogP contribution is -2.45. The Morgan fingerprint density at radius 2 is 2.00 bits per heavy atom. The summed E-state index contributed by atoms with van der Waals surface area (Å²) >= 11 is 0. The third-order valence-electron chi connectivity index (χ3n) is 4.65. The summed E-state index contributed by atoms with van der Waals surface area (Å²) in [7, 11) is 1.75. The summed E-state index contributed by atoms with van der Waals surface area (Å²) < 4.78 is 5.59. The van der Waals surface area contributed by atoms with Gasteiger partial charge in [0.1, 0.15) is 5.75 Å². The van der Waals surface area contributed by atoms with E-state index < -0.39 is 0 Å². The summed E-state index contributed by atoms with van der Waals surface area (Å²) in [6.07, 6.45) is 1.08. The standard InChI is InChI=1S/C18H24N2O.ClH/c1-13-11-20(10-9-17(13)19)12-16-15-6-4-3-5-14(15)7-8-18(16)21-2;/h3-8,13,17H,9-12,19H2,1-2H3;1H. The molecule has 22 heavy (non-hydrogen) atoms. The molecule has 2 unspecified atom stereocenters. The number of hydrogen-bond acceptors (Lipinski definition) is 3. The summed E-state index contributed by atoms with van der Waals surface area (Å²) in [4.78, 5) is 2.50. The first-order chi connectivity index (χ1) is 10.2. The molecule has 2 aromatic carbocycles. The minimum absolute atomic E-state index is 0. The normalized spacial score (nSPS) is 22.3. The van der Waals surface area contributed by atoms with E-state index in [2.05, 4.69) is 48.2 Å². The summed E-state index contributed by atoms with van der Waals surface area (Å²) in [6, 6.07) is 13.1. The van der Waals surface area contributed by atoms with Gasteiger partial charge in [0, 0.05) is 24.7 Å². The molecule has 0 aliphatic carbocycles. The maximum absolute atomic E-state index is 6.13. The number of ether oxygens (including phenoxy) is 1. The van der Waals surface area contributed by atoms with Crippen LogP contribution in [0.1, 0.15) is 18.9 Å². The Morgan fingerprint density at radius 3 is 2.73 bits per heavy atom. The molecule has 1 heterocycles. The topological polar surface area (TPSA) is 38.5 Å². The second-order valence-corrected chi connectivity index (χ2v) is 6.13. The molecule has 0 aromatic heterocycles. The monoisotopic (exact) mass is 320 g/mol. The average molecular weight is 321 g/mol. The molecule has 1 fully saturated rings. The number of piperidine rings is 1. The number of halogens is 1. The molecule has 1 aliphatic rings. The fourth-order valence-electron chi connectivity index (χ4n) is 3.29. The van der Waals surface area contributed by atoms with E-state index in [4.69, 9.17) is 10.5 Å². The van der Waals surface area contributed by atoms with E-state index >= 15 is 0 Å². The smallest absolute Gasteiger partial charge is 0.123 e. The first-order valence-corrected chi connectivity index (χ1v) is 7.71. The molecule has 4 heteroatoms. The van der Waals surface area contributed by atoms with Gasteiger partial charge in [-0.05, 0) is 35.7 Å². The summed E-state index contributed by atoms with van der Waals surface area (Å²) in [6.45, 7) is 5.31. The molecule has 0 bridgehead atoms. The summed E-state index contributed by atoms with van der Waals surface area (Å²) in [5.41, 5.74) is 7.42. The van der Waals surface area contributed by atoms with Crippen LogP contribution in [-0.4, -0.2) is 31.1 Å². The van der Waals surface area contributed by atoms with E-state index in [1.165, 1.54) is 16.3 Å². The van der Waals surface area contributed by atoms with Crippen molar-refractivity contribution in [3.8, 4) is 5.75 Å². The van der Waals surface area contributed by atoms with Crippen molar-refractivity contribution in [1.82, 2.24) is 4.90 Å². The van der Waals surface area contributed by atoms with Gasteiger partial charge in [-0.25, -0.2) is 0 Å². The van der Waals surface area contributed by atoms with E-state index in [0.717, 1.165) is 31.8 Å². The largest absolute Gasteiger partial charge is 0.496 e. The van der Waals surface area contributed by atoms with Crippen molar-refractivity contribution in [3.05, 3.63) is 42.0 Å². The first kappa shape index (κ1) is 17.1. The van der Waals surface area contributed by atoms with Gasteiger partial charge in [-0.1, -0.05) is 37.3 Å². The van der Waals surface area contributed by atoms with Crippen molar-refractivity contribution in [3.63, 3.8) is 0 Å². The summed E-state index contributed by atoms with van der Waals surface area (Å²) in [5, 5.41) is 2.56. The van der Waals surface area contributed by atoms with Crippen LogP contribution in [0.4, 0.5) is 0 Å². The zero-order valence-electron chi connectivity index (χ0n) is 13.3. The van der Waals surface area contributed by atoms with Crippen molar-refractivity contribution >= 4 is 23.2 Å². The van der Waals surface area contributed by atoms with Gasteiger partial charge in [0.05, 0.1) is 7.11 Å². The molecular formula is C18H25ClN2O. The zero-order chi connectivity index (χ0) is 14.8. The van der Waals surface area contributed by atoms with Crippen molar-refractivity contribution in [2.24, 2.45) is 11.7 Å². The second kappa shape index (κ2) is 7.32. The van der Waals surface area contributed by atoms with E-state index in [0.29, 0.717) is 12.0 Å². The van der Waals surface area contributed by atoms with Gasteiger partial charge in [-0.2, -0.15) is 0 Å². The van der Waals surface area contributed by atoms with Crippen LogP contribution in [-0.2, 0) is 6.54 Å². The molecule has 2 atom stereocenters. The fourth-order valence-corrected chi connectivity index (χ4v) is 3.29. The number of methoxy groups -OCH3 is 1. The molecule has 2 N–H and O–H groups in total. The number of nitrogens with two attached hydrogens (primary N) is 1. The zero-order valence-corrected chi connectivity index (χ0v) is 14.1. The quantitative estimate of drug-likeness (QED) is 0.941. The third kappa shape index (κ3) is 3.37. The van der Waals surface area contributed by atoms with Crippen LogP contribution < -0.4 is 10.5 Å². The lowest BCUT2D eigenvalue weighted by atomic mass is 9.94. The molecule has 0 spiro atoms. The molecule has 1 aliphatic heterocycles. The van der Waals surface area contributed by atoms with Crippen molar-refractivity contribution in [2.75, 3.05) is 20.2 Å². The molecular weight excluding hydrogens is 296 g/mol. The number of hydrogen-bond donors (Lipinski definition) is 1. The van der Waals surface area contributed by atoms with E-state index in [-0.39, 0.29) is 12.4 Å². The van der Waals surface area contributed by atoms with Gasteiger partial charge in [0.2, 0.25) is 0 Å². The average Bonchev–Trinajstić information content (AvgIpc) is 2.51. The Labute approximate surface area is 138 Å². The molecule has 1 saturated heterocycles. The third-order valence-corrected chi connectivity index (χ3v) is 4.65. The van der Waals surface area contributed by atoms with Gasteiger partial charge < -0.3 is 10.5 Å². The molecule has 2 aromatic rings. The maximum Gasteiger partial charge on any atom is 0.123 e. The number of likely N-dealkylation sites (tertiary alicyclic amines) is 1. The SMILES string of the molecule is COc1ccc2ccccc2c1CN1CCC(N)C(C)C1.Cl. The predicted octanol–water partition coefficient (Wildman–Crippen LogP) is 3.44. The Kier molecular flexibility index (Phi) is 5.68. The van der Waals surface area contributed by atoms with E-state index in [9.17, 15) is 0 Å². The van der Waals surface area contributed by atoms with Gasteiger partial charge in [0.15, 0.2) is 0 Å². The van der Waals surface area contributed by atoms with Gasteiger partial charge >= 0.3 is 0 Å². The van der Waals surface area contributed by atoms with Gasteiger partial charge in [-0.15, -0.1) is 12.4 Å². The lowest BCUT2D eigenvalue weighted by Gasteiger charge is -2.35. The minimum Gasteiger partial charge on any atom is -0.496 e. The molecule has 0 saturated carbocycles. The van der Waals surface area contributed by atoms with Crippen molar-refractivity contribution in [2.45, 2.75) is 25.9 Å². The van der Waals surface area contributed by atoms with Crippen LogP contribution in [0.5, 0.6) is 5.75 Å². The van der Waals surface area contributed by atoms with Crippen LogP contribution >= 0.6 is 12.4 Å². The molecule has 3 rings (SSSR count). The van der Waals surface area contributed by atoms with Crippen LogP contribution in [0.2, 0.25) is 0 Å². The number of fused-ring (bicyclic) bond motifs is 1. The highest BCUT2D eigenvalue weighted by molar-refractivity contribution is 5.87. The number of benzene rings is 2. The lowest BCUT2D eigenvalue weighted by molar-refractivity contribution is 0.157. The van der Waals surface area contributed by atoms with Crippen molar-refractivity contribution < 1.29 is 4.74 Å². The van der Waals surface area contributed by atoms with Crippen molar-refractivity contribution in [1.29, 1.82) is 0 Å². The van der Waals surface area contributed by atoms with Gasteiger partial charge in [0.25, 0.3) is 0 Å². The van der Waals surface area contributed by atoms with Crippen LogP contribution in [0.25, 0.3) is 10.8 Å².